The molecule has 4 nitrogen and oxygen atoms in total. The first-order valence-electron chi connectivity index (χ1n) is 5.99. The fourth-order valence-corrected chi connectivity index (χ4v) is 2.08. The molecular formula is C15H13IN2O2. The third-order valence-corrected chi connectivity index (χ3v) is 3.49. The lowest BCUT2D eigenvalue weighted by atomic mass is 10.1. The van der Waals surface area contributed by atoms with Crippen molar-refractivity contribution in [2.75, 3.05) is 0 Å². The molecule has 3 N–H and O–H groups in total. The molecule has 2 amide bonds. The fourth-order valence-electron chi connectivity index (χ4n) is 1.72. The van der Waals surface area contributed by atoms with Crippen molar-refractivity contribution in [2.45, 2.75) is 6.54 Å². The number of carbonyl (C=O) groups is 2. The van der Waals surface area contributed by atoms with Gasteiger partial charge in [-0.15, -0.1) is 0 Å². The van der Waals surface area contributed by atoms with Gasteiger partial charge in [-0.05, 0) is 64.6 Å². The SMILES string of the molecule is NC(=O)c1cccc(CNC(=O)c2ccc(I)cc2)c1. The lowest BCUT2D eigenvalue weighted by Gasteiger charge is -2.06. The molecule has 0 bridgehead atoms. The van der Waals surface area contributed by atoms with Crippen LogP contribution in [0.1, 0.15) is 26.3 Å². The van der Waals surface area contributed by atoms with E-state index in [-0.39, 0.29) is 5.91 Å². The summed E-state index contributed by atoms with van der Waals surface area (Å²) in [6.45, 7) is 0.353. The zero-order valence-corrected chi connectivity index (χ0v) is 12.8. The summed E-state index contributed by atoms with van der Waals surface area (Å²) < 4.78 is 1.08. The van der Waals surface area contributed by atoms with Gasteiger partial charge in [0.15, 0.2) is 0 Å². The quantitative estimate of drug-likeness (QED) is 0.800. The number of nitrogens with two attached hydrogens (primary N) is 1. The molecule has 0 fully saturated rings. The van der Waals surface area contributed by atoms with Crippen molar-refractivity contribution in [1.82, 2.24) is 5.32 Å². The van der Waals surface area contributed by atoms with Crippen LogP contribution in [-0.4, -0.2) is 11.8 Å². The Labute approximate surface area is 130 Å². The van der Waals surface area contributed by atoms with Gasteiger partial charge in [0, 0.05) is 21.2 Å². The standard InChI is InChI=1S/C15H13IN2O2/c16-13-6-4-11(5-7-13)15(20)18-9-10-2-1-3-12(8-10)14(17)19/h1-8H,9H2,(H2,17,19)(H,18,20). The number of rotatable bonds is 4. The molecule has 2 rings (SSSR count). The molecular weight excluding hydrogens is 367 g/mol. The van der Waals surface area contributed by atoms with Crippen LogP contribution in [0.5, 0.6) is 0 Å². The van der Waals surface area contributed by atoms with Gasteiger partial charge < -0.3 is 11.1 Å². The van der Waals surface area contributed by atoms with Crippen LogP contribution >= 0.6 is 22.6 Å². The first-order valence-corrected chi connectivity index (χ1v) is 7.06. The maximum absolute atomic E-state index is 11.9. The molecule has 0 aliphatic heterocycles. The fraction of sp³-hybridized carbons (Fsp3) is 0.0667. The number of nitrogens with one attached hydrogen (secondary N) is 1. The molecule has 2 aromatic carbocycles. The Morgan fingerprint density at radius 3 is 2.40 bits per heavy atom. The number of halogens is 1. The van der Waals surface area contributed by atoms with Gasteiger partial charge in [-0.1, -0.05) is 12.1 Å². The minimum atomic E-state index is -0.476. The number of amides is 2. The summed E-state index contributed by atoms with van der Waals surface area (Å²) in [4.78, 5) is 23.0. The van der Waals surface area contributed by atoms with Gasteiger partial charge in [0.2, 0.25) is 5.91 Å². The van der Waals surface area contributed by atoms with Crippen LogP contribution in [0.15, 0.2) is 48.5 Å². The Bertz CT molecular complexity index is 639. The smallest absolute Gasteiger partial charge is 0.251 e. The summed E-state index contributed by atoms with van der Waals surface area (Å²) in [5.41, 5.74) is 7.09. The van der Waals surface area contributed by atoms with Crippen LogP contribution in [0.3, 0.4) is 0 Å². The Morgan fingerprint density at radius 2 is 1.75 bits per heavy atom. The van der Waals surface area contributed by atoms with Crippen molar-refractivity contribution in [1.29, 1.82) is 0 Å². The van der Waals surface area contributed by atoms with Crippen molar-refractivity contribution in [3.63, 3.8) is 0 Å². The highest BCUT2D eigenvalue weighted by molar-refractivity contribution is 14.1. The van der Waals surface area contributed by atoms with E-state index in [9.17, 15) is 9.59 Å². The van der Waals surface area contributed by atoms with E-state index in [0.29, 0.717) is 17.7 Å². The normalized spacial score (nSPS) is 10.1. The molecule has 0 radical (unpaired) electrons. The average Bonchev–Trinajstić information content (AvgIpc) is 2.46. The van der Waals surface area contributed by atoms with Crippen LogP contribution in [0, 0.1) is 3.57 Å². The minimum absolute atomic E-state index is 0.147. The Balaban J connectivity index is 2.01. The molecule has 102 valence electrons. The molecule has 20 heavy (non-hydrogen) atoms. The van der Waals surface area contributed by atoms with E-state index in [1.54, 1.807) is 30.3 Å². The van der Waals surface area contributed by atoms with E-state index in [2.05, 4.69) is 27.9 Å². The lowest BCUT2D eigenvalue weighted by Crippen LogP contribution is -2.23. The van der Waals surface area contributed by atoms with E-state index >= 15 is 0 Å². The van der Waals surface area contributed by atoms with Gasteiger partial charge >= 0.3 is 0 Å². The number of hydrogen-bond donors (Lipinski definition) is 2. The summed E-state index contributed by atoms with van der Waals surface area (Å²) >= 11 is 2.18. The summed E-state index contributed by atoms with van der Waals surface area (Å²) in [6, 6.07) is 14.2. The topological polar surface area (TPSA) is 72.2 Å². The Kier molecular flexibility index (Phi) is 4.73. The molecule has 0 atom stereocenters. The number of primary amides is 1. The molecule has 0 saturated carbocycles. The van der Waals surface area contributed by atoms with Crippen molar-refractivity contribution in [3.05, 3.63) is 68.8 Å². The third-order valence-electron chi connectivity index (χ3n) is 2.77. The molecule has 2 aromatic rings. The van der Waals surface area contributed by atoms with E-state index in [1.165, 1.54) is 0 Å². The van der Waals surface area contributed by atoms with Crippen LogP contribution in [0.2, 0.25) is 0 Å². The molecule has 5 heteroatoms. The van der Waals surface area contributed by atoms with Gasteiger partial charge in [0.05, 0.1) is 0 Å². The molecule has 0 aliphatic carbocycles. The van der Waals surface area contributed by atoms with E-state index in [1.807, 2.05) is 18.2 Å². The summed E-state index contributed by atoms with van der Waals surface area (Å²) in [5, 5.41) is 2.81. The maximum Gasteiger partial charge on any atom is 0.251 e. The van der Waals surface area contributed by atoms with E-state index in [0.717, 1.165) is 9.13 Å². The van der Waals surface area contributed by atoms with Crippen LogP contribution < -0.4 is 11.1 Å². The average molecular weight is 380 g/mol. The van der Waals surface area contributed by atoms with Crippen molar-refractivity contribution >= 4 is 34.4 Å². The molecule has 0 saturated heterocycles. The highest BCUT2D eigenvalue weighted by Crippen LogP contribution is 2.08. The van der Waals surface area contributed by atoms with Crippen molar-refractivity contribution < 1.29 is 9.59 Å². The monoisotopic (exact) mass is 380 g/mol. The van der Waals surface area contributed by atoms with Gasteiger partial charge in [0.1, 0.15) is 0 Å². The van der Waals surface area contributed by atoms with Crippen molar-refractivity contribution in [3.8, 4) is 0 Å². The second kappa shape index (κ2) is 6.51. The van der Waals surface area contributed by atoms with Gasteiger partial charge in [0.25, 0.3) is 5.91 Å². The molecule has 0 spiro atoms. The molecule has 0 aliphatic rings. The summed E-state index contributed by atoms with van der Waals surface area (Å²) in [6.07, 6.45) is 0. The van der Waals surface area contributed by atoms with Crippen LogP contribution in [0.25, 0.3) is 0 Å². The molecule has 0 aromatic heterocycles. The highest BCUT2D eigenvalue weighted by Gasteiger charge is 2.06. The first kappa shape index (κ1) is 14.5. The maximum atomic E-state index is 11.9. The second-order valence-electron chi connectivity index (χ2n) is 4.25. The van der Waals surface area contributed by atoms with Crippen LogP contribution in [0.4, 0.5) is 0 Å². The zero-order valence-electron chi connectivity index (χ0n) is 10.6. The van der Waals surface area contributed by atoms with Gasteiger partial charge in [-0.25, -0.2) is 0 Å². The second-order valence-corrected chi connectivity index (χ2v) is 5.50. The third kappa shape index (κ3) is 3.80. The summed E-state index contributed by atoms with van der Waals surface area (Å²) in [5.74, 6) is -0.623. The van der Waals surface area contributed by atoms with Crippen molar-refractivity contribution in [2.24, 2.45) is 5.73 Å². The number of carbonyl (C=O) groups excluding carboxylic acids is 2. The van der Waals surface area contributed by atoms with E-state index in [4.69, 9.17) is 5.73 Å². The summed E-state index contributed by atoms with van der Waals surface area (Å²) in [7, 11) is 0. The predicted molar refractivity (Wildman–Crippen MR) is 85.3 cm³/mol. The molecule has 0 heterocycles. The predicted octanol–water partition coefficient (Wildman–Crippen LogP) is 2.32. The van der Waals surface area contributed by atoms with Gasteiger partial charge in [-0.3, -0.25) is 9.59 Å². The van der Waals surface area contributed by atoms with Crippen LogP contribution in [-0.2, 0) is 6.54 Å². The minimum Gasteiger partial charge on any atom is -0.366 e. The Morgan fingerprint density at radius 1 is 1.05 bits per heavy atom. The van der Waals surface area contributed by atoms with Gasteiger partial charge in [-0.2, -0.15) is 0 Å². The highest BCUT2D eigenvalue weighted by atomic mass is 127. The number of benzene rings is 2. The Hall–Kier alpha value is -1.89. The number of hydrogen-bond acceptors (Lipinski definition) is 2. The zero-order chi connectivity index (χ0) is 14.5. The van der Waals surface area contributed by atoms with E-state index < -0.39 is 5.91 Å². The molecule has 0 unspecified atom stereocenters. The lowest BCUT2D eigenvalue weighted by molar-refractivity contribution is 0.0950. The first-order chi connectivity index (χ1) is 9.56. The largest absolute Gasteiger partial charge is 0.366 e.